The second-order valence-corrected chi connectivity index (χ2v) is 5.84. The van der Waals surface area contributed by atoms with Gasteiger partial charge in [-0.15, -0.1) is 0 Å². The number of para-hydroxylation sites is 1. The molecule has 0 radical (unpaired) electrons. The smallest absolute Gasteiger partial charge is 0.287 e. The Labute approximate surface area is 124 Å². The van der Waals surface area contributed by atoms with E-state index in [2.05, 4.69) is 5.32 Å². The molecule has 4 heteroatoms. The molecule has 1 aromatic heterocycles. The molecule has 0 bridgehead atoms. The molecule has 2 atom stereocenters. The third-order valence-electron chi connectivity index (χ3n) is 4.35. The van der Waals surface area contributed by atoms with Crippen LogP contribution < -0.4 is 5.32 Å². The number of carbonyl (C=O) groups is 1. The lowest BCUT2D eigenvalue weighted by Crippen LogP contribution is -2.42. The maximum Gasteiger partial charge on any atom is 0.287 e. The van der Waals surface area contributed by atoms with Gasteiger partial charge in [-0.05, 0) is 25.8 Å². The number of nitrogens with one attached hydrogen (secondary N) is 1. The number of hydrogen-bond acceptors (Lipinski definition) is 3. The summed E-state index contributed by atoms with van der Waals surface area (Å²) in [6.07, 6.45) is 4.31. The number of fused-ring (bicyclic) bond motifs is 1. The van der Waals surface area contributed by atoms with Crippen molar-refractivity contribution in [3.05, 3.63) is 35.6 Å². The first-order valence-electron chi connectivity index (χ1n) is 7.64. The maximum atomic E-state index is 12.4. The molecule has 1 amide bonds. The van der Waals surface area contributed by atoms with Gasteiger partial charge < -0.3 is 14.8 Å². The lowest BCUT2D eigenvalue weighted by molar-refractivity contribution is 0.0795. The number of carbonyl (C=O) groups excluding carboxylic acids is 1. The zero-order valence-corrected chi connectivity index (χ0v) is 12.3. The number of hydrogen-bond donors (Lipinski definition) is 2. The van der Waals surface area contributed by atoms with Crippen molar-refractivity contribution in [2.45, 2.75) is 51.2 Å². The number of aliphatic hydroxyl groups excluding tert-OH is 1. The number of rotatable bonds is 2. The van der Waals surface area contributed by atoms with Gasteiger partial charge in [0.2, 0.25) is 0 Å². The maximum absolute atomic E-state index is 12.4. The highest BCUT2D eigenvalue weighted by Crippen LogP contribution is 2.25. The van der Waals surface area contributed by atoms with Gasteiger partial charge >= 0.3 is 0 Å². The van der Waals surface area contributed by atoms with Crippen molar-refractivity contribution in [2.75, 3.05) is 0 Å². The molecule has 1 aliphatic rings. The van der Waals surface area contributed by atoms with Gasteiger partial charge in [0.05, 0.1) is 12.1 Å². The third-order valence-corrected chi connectivity index (χ3v) is 4.35. The van der Waals surface area contributed by atoms with Crippen molar-refractivity contribution in [1.82, 2.24) is 5.32 Å². The van der Waals surface area contributed by atoms with Crippen molar-refractivity contribution >= 4 is 16.9 Å². The molecule has 2 N–H and O–H groups in total. The Kier molecular flexibility index (Phi) is 3.97. The summed E-state index contributed by atoms with van der Waals surface area (Å²) in [4.78, 5) is 12.4. The van der Waals surface area contributed by atoms with Gasteiger partial charge in [0.15, 0.2) is 5.76 Å². The number of aliphatic hydroxyl groups is 1. The molecule has 1 aliphatic carbocycles. The highest BCUT2D eigenvalue weighted by molar-refractivity contribution is 5.99. The zero-order chi connectivity index (χ0) is 14.8. The molecule has 0 aliphatic heterocycles. The van der Waals surface area contributed by atoms with Gasteiger partial charge in [0, 0.05) is 10.9 Å². The van der Waals surface area contributed by atoms with Crippen LogP contribution >= 0.6 is 0 Å². The van der Waals surface area contributed by atoms with E-state index in [4.69, 9.17) is 4.42 Å². The molecule has 2 aromatic rings. The largest absolute Gasteiger partial charge is 0.451 e. The van der Waals surface area contributed by atoms with Gasteiger partial charge in [-0.25, -0.2) is 0 Å². The normalized spacial score (nSPS) is 23.0. The molecule has 1 fully saturated rings. The Morgan fingerprint density at radius 2 is 2.00 bits per heavy atom. The molecule has 1 aromatic carbocycles. The van der Waals surface area contributed by atoms with E-state index < -0.39 is 6.10 Å². The summed E-state index contributed by atoms with van der Waals surface area (Å²) in [6.45, 7) is 1.89. The summed E-state index contributed by atoms with van der Waals surface area (Å²) >= 11 is 0. The van der Waals surface area contributed by atoms with Gasteiger partial charge in [-0.3, -0.25) is 4.79 Å². The van der Waals surface area contributed by atoms with Gasteiger partial charge in [-0.2, -0.15) is 0 Å². The minimum atomic E-state index is -0.457. The minimum absolute atomic E-state index is 0.174. The van der Waals surface area contributed by atoms with Crippen LogP contribution in [0.5, 0.6) is 0 Å². The van der Waals surface area contributed by atoms with E-state index in [0.29, 0.717) is 5.76 Å². The zero-order valence-electron chi connectivity index (χ0n) is 12.3. The molecule has 21 heavy (non-hydrogen) atoms. The first-order valence-corrected chi connectivity index (χ1v) is 7.64. The van der Waals surface area contributed by atoms with E-state index in [1.54, 1.807) is 0 Å². The van der Waals surface area contributed by atoms with E-state index in [1.165, 1.54) is 0 Å². The Morgan fingerprint density at radius 3 is 2.81 bits per heavy atom. The predicted octanol–water partition coefficient (Wildman–Crippen LogP) is 3.16. The fraction of sp³-hybridized carbons (Fsp3) is 0.471. The monoisotopic (exact) mass is 287 g/mol. The number of furan rings is 1. The highest BCUT2D eigenvalue weighted by atomic mass is 16.3. The van der Waals surface area contributed by atoms with Crippen molar-refractivity contribution in [2.24, 2.45) is 0 Å². The summed E-state index contributed by atoms with van der Waals surface area (Å²) in [5.74, 6) is 0.127. The third kappa shape index (κ3) is 2.81. The highest BCUT2D eigenvalue weighted by Gasteiger charge is 2.26. The first kappa shape index (κ1) is 14.1. The number of aryl methyl sites for hydroxylation is 1. The van der Waals surface area contributed by atoms with Crippen LogP contribution in [0.3, 0.4) is 0 Å². The summed E-state index contributed by atoms with van der Waals surface area (Å²) in [7, 11) is 0. The summed E-state index contributed by atoms with van der Waals surface area (Å²) in [6, 6.07) is 7.46. The Hall–Kier alpha value is -1.81. The van der Waals surface area contributed by atoms with Crippen LogP contribution in [-0.2, 0) is 0 Å². The molecule has 4 nitrogen and oxygen atoms in total. The predicted molar refractivity (Wildman–Crippen MR) is 81.3 cm³/mol. The van der Waals surface area contributed by atoms with Crippen molar-refractivity contribution in [3.8, 4) is 0 Å². The fourth-order valence-corrected chi connectivity index (χ4v) is 3.08. The van der Waals surface area contributed by atoms with Crippen LogP contribution in [0.1, 0.15) is 48.2 Å². The van der Waals surface area contributed by atoms with E-state index in [9.17, 15) is 9.90 Å². The van der Waals surface area contributed by atoms with Crippen LogP contribution in [-0.4, -0.2) is 23.2 Å². The molecular weight excluding hydrogens is 266 g/mol. The quantitative estimate of drug-likeness (QED) is 0.834. The Morgan fingerprint density at radius 1 is 1.24 bits per heavy atom. The van der Waals surface area contributed by atoms with Crippen LogP contribution in [0.15, 0.2) is 28.7 Å². The van der Waals surface area contributed by atoms with E-state index in [-0.39, 0.29) is 11.9 Å². The molecular formula is C17H21NO3. The lowest BCUT2D eigenvalue weighted by atomic mass is 10.1. The lowest BCUT2D eigenvalue weighted by Gasteiger charge is -2.21. The van der Waals surface area contributed by atoms with E-state index in [1.807, 2.05) is 31.2 Å². The summed E-state index contributed by atoms with van der Waals surface area (Å²) in [5.41, 5.74) is 1.58. The molecule has 2 unspecified atom stereocenters. The summed E-state index contributed by atoms with van der Waals surface area (Å²) in [5, 5.41) is 14.0. The molecule has 0 spiro atoms. The van der Waals surface area contributed by atoms with Crippen LogP contribution in [0, 0.1) is 6.92 Å². The van der Waals surface area contributed by atoms with Gasteiger partial charge in [0.25, 0.3) is 5.91 Å². The SMILES string of the molecule is Cc1c(C(=O)NC2CCCCCC2O)oc2ccccc12. The second-order valence-electron chi connectivity index (χ2n) is 5.84. The van der Waals surface area contributed by atoms with Gasteiger partial charge in [0.1, 0.15) is 5.58 Å². The average Bonchev–Trinajstić information content (AvgIpc) is 2.69. The van der Waals surface area contributed by atoms with Crippen LogP contribution in [0.25, 0.3) is 11.0 Å². The molecule has 112 valence electrons. The van der Waals surface area contributed by atoms with Crippen molar-refractivity contribution < 1.29 is 14.3 Å². The standard InChI is InChI=1S/C17H21NO3/c1-11-12-7-5-6-10-15(12)21-16(11)17(20)18-13-8-3-2-4-9-14(13)19/h5-7,10,13-14,19H,2-4,8-9H2,1H3,(H,18,20). The first-order chi connectivity index (χ1) is 10.2. The van der Waals surface area contributed by atoms with Crippen LogP contribution in [0.4, 0.5) is 0 Å². The molecule has 0 saturated heterocycles. The number of amides is 1. The van der Waals surface area contributed by atoms with E-state index in [0.717, 1.165) is 48.6 Å². The van der Waals surface area contributed by atoms with Crippen molar-refractivity contribution in [1.29, 1.82) is 0 Å². The topological polar surface area (TPSA) is 62.5 Å². The van der Waals surface area contributed by atoms with Crippen molar-refractivity contribution in [3.63, 3.8) is 0 Å². The molecule has 3 rings (SSSR count). The summed E-state index contributed by atoms with van der Waals surface area (Å²) < 4.78 is 5.67. The Balaban J connectivity index is 1.81. The van der Waals surface area contributed by atoms with E-state index >= 15 is 0 Å². The molecule has 1 heterocycles. The molecule has 1 saturated carbocycles. The minimum Gasteiger partial charge on any atom is -0.451 e. The average molecular weight is 287 g/mol. The fourth-order valence-electron chi connectivity index (χ4n) is 3.08. The van der Waals surface area contributed by atoms with Crippen LogP contribution in [0.2, 0.25) is 0 Å². The Bertz CT molecular complexity index is 647. The van der Waals surface area contributed by atoms with Gasteiger partial charge in [-0.1, -0.05) is 37.5 Å². The number of benzene rings is 1. The second kappa shape index (κ2) is 5.90.